The molecule has 1 unspecified atom stereocenters. The van der Waals surface area contributed by atoms with Crippen molar-refractivity contribution in [2.45, 2.75) is 44.9 Å². The number of ketones is 1. The molecule has 2 heteroatoms. The van der Waals surface area contributed by atoms with Crippen molar-refractivity contribution in [2.24, 2.45) is 5.92 Å². The van der Waals surface area contributed by atoms with Crippen LogP contribution in [-0.2, 0) is 4.79 Å². The summed E-state index contributed by atoms with van der Waals surface area (Å²) in [6.07, 6.45) is 5.35. The standard InChI is InChI=1S/C16H19NO/c1-12-6-8-14(9-7-12)15(11-17)16(18)10-13-4-2-3-5-13/h6-9,13,15H,2-5,10H2,1H3. The molecule has 1 fully saturated rings. The first-order valence-electron chi connectivity index (χ1n) is 6.69. The lowest BCUT2D eigenvalue weighted by Crippen LogP contribution is -2.14. The van der Waals surface area contributed by atoms with Crippen LogP contribution in [0.3, 0.4) is 0 Å². The third-order valence-corrected chi connectivity index (χ3v) is 3.83. The second-order valence-electron chi connectivity index (χ2n) is 5.29. The molecule has 1 atom stereocenters. The fourth-order valence-corrected chi connectivity index (χ4v) is 2.71. The average molecular weight is 241 g/mol. The Morgan fingerprint density at radius 1 is 1.33 bits per heavy atom. The molecule has 0 saturated heterocycles. The molecule has 0 N–H and O–H groups in total. The van der Waals surface area contributed by atoms with Gasteiger partial charge in [0.2, 0.25) is 0 Å². The van der Waals surface area contributed by atoms with E-state index in [0.717, 1.165) is 24.0 Å². The third kappa shape index (κ3) is 2.98. The number of aryl methyl sites for hydroxylation is 1. The molecule has 2 rings (SSSR count). The Kier molecular flexibility index (Phi) is 4.15. The third-order valence-electron chi connectivity index (χ3n) is 3.83. The Balaban J connectivity index is 2.06. The van der Waals surface area contributed by atoms with E-state index in [9.17, 15) is 10.1 Å². The lowest BCUT2D eigenvalue weighted by Gasteiger charge is -2.12. The molecule has 2 nitrogen and oxygen atoms in total. The maximum atomic E-state index is 12.2. The molecule has 1 aromatic rings. The van der Waals surface area contributed by atoms with Gasteiger partial charge in [-0.2, -0.15) is 5.26 Å². The van der Waals surface area contributed by atoms with Crippen molar-refractivity contribution in [3.05, 3.63) is 35.4 Å². The van der Waals surface area contributed by atoms with E-state index >= 15 is 0 Å². The summed E-state index contributed by atoms with van der Waals surface area (Å²) in [5.41, 5.74) is 1.99. The second-order valence-corrected chi connectivity index (χ2v) is 5.29. The molecule has 1 aliphatic rings. The number of carbonyl (C=O) groups is 1. The Hall–Kier alpha value is -1.62. The minimum Gasteiger partial charge on any atom is -0.298 e. The highest BCUT2D eigenvalue weighted by molar-refractivity contribution is 5.88. The molecular weight excluding hydrogens is 222 g/mol. The highest BCUT2D eigenvalue weighted by Gasteiger charge is 2.25. The predicted molar refractivity (Wildman–Crippen MR) is 71.1 cm³/mol. The number of rotatable bonds is 4. The quantitative estimate of drug-likeness (QED) is 0.805. The number of nitrogens with zero attached hydrogens (tertiary/aromatic N) is 1. The number of Topliss-reactive ketones (excluding diaryl/α,β-unsaturated/α-hetero) is 1. The fourth-order valence-electron chi connectivity index (χ4n) is 2.71. The van der Waals surface area contributed by atoms with Crippen LogP contribution in [0.15, 0.2) is 24.3 Å². The summed E-state index contributed by atoms with van der Waals surface area (Å²) in [6, 6.07) is 9.88. The van der Waals surface area contributed by atoms with Crippen molar-refractivity contribution in [2.75, 3.05) is 0 Å². The lowest BCUT2D eigenvalue weighted by atomic mass is 9.89. The van der Waals surface area contributed by atoms with Crippen molar-refractivity contribution >= 4 is 5.78 Å². The maximum absolute atomic E-state index is 12.2. The SMILES string of the molecule is Cc1ccc(C(C#N)C(=O)CC2CCCC2)cc1. The van der Waals surface area contributed by atoms with Crippen LogP contribution >= 0.6 is 0 Å². The van der Waals surface area contributed by atoms with Gasteiger partial charge in [-0.1, -0.05) is 55.5 Å². The van der Waals surface area contributed by atoms with Gasteiger partial charge in [-0.05, 0) is 18.4 Å². The molecule has 18 heavy (non-hydrogen) atoms. The molecule has 1 aromatic carbocycles. The van der Waals surface area contributed by atoms with Gasteiger partial charge in [0, 0.05) is 6.42 Å². The van der Waals surface area contributed by atoms with E-state index in [0.29, 0.717) is 12.3 Å². The molecule has 0 radical (unpaired) electrons. The van der Waals surface area contributed by atoms with E-state index < -0.39 is 5.92 Å². The second kappa shape index (κ2) is 5.82. The maximum Gasteiger partial charge on any atom is 0.154 e. The summed E-state index contributed by atoms with van der Waals surface area (Å²) in [4.78, 5) is 12.2. The first kappa shape index (κ1) is 12.8. The number of benzene rings is 1. The molecule has 1 aliphatic carbocycles. The Morgan fingerprint density at radius 3 is 2.50 bits per heavy atom. The smallest absolute Gasteiger partial charge is 0.154 e. The zero-order chi connectivity index (χ0) is 13.0. The average Bonchev–Trinajstić information content (AvgIpc) is 2.85. The Bertz CT molecular complexity index is 449. The van der Waals surface area contributed by atoms with E-state index in [1.807, 2.05) is 31.2 Å². The molecule has 0 aromatic heterocycles. The lowest BCUT2D eigenvalue weighted by molar-refractivity contribution is -0.120. The van der Waals surface area contributed by atoms with Gasteiger partial charge in [0.1, 0.15) is 5.92 Å². The van der Waals surface area contributed by atoms with Gasteiger partial charge >= 0.3 is 0 Å². The number of hydrogen-bond acceptors (Lipinski definition) is 2. The zero-order valence-corrected chi connectivity index (χ0v) is 10.9. The van der Waals surface area contributed by atoms with Gasteiger partial charge in [0.15, 0.2) is 5.78 Å². The van der Waals surface area contributed by atoms with Crippen LogP contribution < -0.4 is 0 Å². The highest BCUT2D eigenvalue weighted by Crippen LogP contribution is 2.30. The number of carbonyl (C=O) groups excluding carboxylic acids is 1. The molecule has 0 amide bonds. The van der Waals surface area contributed by atoms with Gasteiger partial charge in [-0.15, -0.1) is 0 Å². The van der Waals surface area contributed by atoms with Crippen LogP contribution in [0.5, 0.6) is 0 Å². The normalized spacial score (nSPS) is 17.3. The van der Waals surface area contributed by atoms with E-state index in [2.05, 4.69) is 6.07 Å². The molecular formula is C16H19NO. The Morgan fingerprint density at radius 2 is 1.94 bits per heavy atom. The van der Waals surface area contributed by atoms with Crippen molar-refractivity contribution in [3.8, 4) is 6.07 Å². The van der Waals surface area contributed by atoms with Gasteiger partial charge in [-0.25, -0.2) is 0 Å². The van der Waals surface area contributed by atoms with Gasteiger partial charge < -0.3 is 0 Å². The van der Waals surface area contributed by atoms with Crippen LogP contribution in [0.2, 0.25) is 0 Å². The van der Waals surface area contributed by atoms with E-state index in [-0.39, 0.29) is 5.78 Å². The van der Waals surface area contributed by atoms with Gasteiger partial charge in [-0.3, -0.25) is 4.79 Å². The summed E-state index contributed by atoms with van der Waals surface area (Å²) in [5.74, 6) is 0.0262. The minimum absolute atomic E-state index is 0.0910. The van der Waals surface area contributed by atoms with E-state index in [1.165, 1.54) is 12.8 Å². The zero-order valence-electron chi connectivity index (χ0n) is 10.9. The summed E-state index contributed by atoms with van der Waals surface area (Å²) in [5, 5.41) is 9.22. The topological polar surface area (TPSA) is 40.9 Å². The van der Waals surface area contributed by atoms with Crippen LogP contribution in [0.1, 0.15) is 49.1 Å². The molecule has 1 saturated carbocycles. The summed E-state index contributed by atoms with van der Waals surface area (Å²) < 4.78 is 0. The first-order chi connectivity index (χ1) is 8.70. The summed E-state index contributed by atoms with van der Waals surface area (Å²) >= 11 is 0. The van der Waals surface area contributed by atoms with Gasteiger partial charge in [0.25, 0.3) is 0 Å². The van der Waals surface area contributed by atoms with Gasteiger partial charge in [0.05, 0.1) is 6.07 Å². The van der Waals surface area contributed by atoms with E-state index in [4.69, 9.17) is 0 Å². The highest BCUT2D eigenvalue weighted by atomic mass is 16.1. The van der Waals surface area contributed by atoms with Crippen molar-refractivity contribution < 1.29 is 4.79 Å². The first-order valence-corrected chi connectivity index (χ1v) is 6.69. The number of nitriles is 1. The van der Waals surface area contributed by atoms with Crippen molar-refractivity contribution in [1.29, 1.82) is 5.26 Å². The molecule has 0 bridgehead atoms. The largest absolute Gasteiger partial charge is 0.298 e. The molecule has 94 valence electrons. The minimum atomic E-state index is -0.578. The summed E-state index contributed by atoms with van der Waals surface area (Å²) in [7, 11) is 0. The summed E-state index contributed by atoms with van der Waals surface area (Å²) in [6.45, 7) is 2.01. The van der Waals surface area contributed by atoms with Crippen LogP contribution in [-0.4, -0.2) is 5.78 Å². The monoisotopic (exact) mass is 241 g/mol. The van der Waals surface area contributed by atoms with E-state index in [1.54, 1.807) is 0 Å². The van der Waals surface area contributed by atoms with Crippen LogP contribution in [0.25, 0.3) is 0 Å². The molecule has 0 aliphatic heterocycles. The molecule has 0 heterocycles. The van der Waals surface area contributed by atoms with Crippen LogP contribution in [0.4, 0.5) is 0 Å². The Labute approximate surface area is 109 Å². The van der Waals surface area contributed by atoms with Crippen LogP contribution in [0, 0.1) is 24.2 Å². The van der Waals surface area contributed by atoms with Crippen molar-refractivity contribution in [1.82, 2.24) is 0 Å². The molecule has 0 spiro atoms. The predicted octanol–water partition coefficient (Wildman–Crippen LogP) is 3.75. The number of hydrogen-bond donors (Lipinski definition) is 0. The van der Waals surface area contributed by atoms with Crippen molar-refractivity contribution in [3.63, 3.8) is 0 Å². The fraction of sp³-hybridized carbons (Fsp3) is 0.500.